The first-order valence-corrected chi connectivity index (χ1v) is 3.99. The van der Waals surface area contributed by atoms with Gasteiger partial charge < -0.3 is 25.1 Å². The Bertz CT molecular complexity index is 168. The smallest absolute Gasteiger partial charge is 0.322 e. The third-order valence-corrected chi connectivity index (χ3v) is 1.56. The molecule has 1 fully saturated rings. The number of carboxylic acids is 1. The maximum Gasteiger partial charge on any atom is 0.322 e. The third kappa shape index (κ3) is 3.69. The van der Waals surface area contributed by atoms with E-state index in [-0.39, 0.29) is 19.5 Å². The molecule has 76 valence electrons. The Hall–Kier alpha value is -0.690. The topological polar surface area (TPSA) is 91.0 Å². The fraction of sp³-hybridized carbons (Fsp3) is 0.857. The van der Waals surface area contributed by atoms with Crippen molar-refractivity contribution in [2.45, 2.75) is 12.3 Å². The standard InChI is InChI=1S/C7H13NO5/c8-5(7(9)10)3-11-4-6-12-1-2-13-6/h5-6H,1-4,8H2,(H,9,10). The first-order chi connectivity index (χ1) is 6.20. The summed E-state index contributed by atoms with van der Waals surface area (Å²) in [4.78, 5) is 10.3. The molecule has 1 heterocycles. The van der Waals surface area contributed by atoms with Crippen molar-refractivity contribution in [1.29, 1.82) is 0 Å². The SMILES string of the molecule is NC(COCC1OCCO1)C(=O)O. The molecule has 0 aromatic rings. The van der Waals surface area contributed by atoms with Crippen molar-refractivity contribution in [3.63, 3.8) is 0 Å². The van der Waals surface area contributed by atoms with Crippen molar-refractivity contribution < 1.29 is 24.1 Å². The van der Waals surface area contributed by atoms with Crippen LogP contribution in [0.2, 0.25) is 0 Å². The normalized spacial score (nSPS) is 20.4. The van der Waals surface area contributed by atoms with Gasteiger partial charge in [0.1, 0.15) is 6.04 Å². The minimum Gasteiger partial charge on any atom is -0.480 e. The van der Waals surface area contributed by atoms with Crippen LogP contribution in [0.3, 0.4) is 0 Å². The summed E-state index contributed by atoms with van der Waals surface area (Å²) in [5.41, 5.74) is 5.20. The minimum atomic E-state index is -1.08. The molecular weight excluding hydrogens is 178 g/mol. The van der Waals surface area contributed by atoms with Gasteiger partial charge in [0.05, 0.1) is 26.4 Å². The highest BCUT2D eigenvalue weighted by Gasteiger charge is 2.17. The molecule has 6 nitrogen and oxygen atoms in total. The van der Waals surface area contributed by atoms with Gasteiger partial charge in [-0.2, -0.15) is 0 Å². The zero-order chi connectivity index (χ0) is 9.68. The van der Waals surface area contributed by atoms with E-state index in [2.05, 4.69) is 0 Å². The second-order valence-corrected chi connectivity index (χ2v) is 2.65. The van der Waals surface area contributed by atoms with E-state index >= 15 is 0 Å². The zero-order valence-corrected chi connectivity index (χ0v) is 7.14. The van der Waals surface area contributed by atoms with E-state index < -0.39 is 12.0 Å². The Morgan fingerprint density at radius 2 is 2.23 bits per heavy atom. The second-order valence-electron chi connectivity index (χ2n) is 2.65. The maximum atomic E-state index is 10.3. The molecule has 0 aliphatic carbocycles. The highest BCUT2D eigenvalue weighted by molar-refractivity contribution is 5.73. The summed E-state index contributed by atoms with van der Waals surface area (Å²) in [5.74, 6) is -1.08. The van der Waals surface area contributed by atoms with Crippen molar-refractivity contribution in [3.8, 4) is 0 Å². The number of hydrogen-bond acceptors (Lipinski definition) is 5. The van der Waals surface area contributed by atoms with E-state index in [0.29, 0.717) is 13.2 Å². The number of carboxylic acid groups (broad SMARTS) is 1. The van der Waals surface area contributed by atoms with Crippen molar-refractivity contribution in [2.75, 3.05) is 26.4 Å². The molecule has 1 aliphatic heterocycles. The van der Waals surface area contributed by atoms with Crippen molar-refractivity contribution in [2.24, 2.45) is 5.73 Å². The number of aliphatic carboxylic acids is 1. The number of carbonyl (C=O) groups is 1. The molecule has 0 amide bonds. The lowest BCUT2D eigenvalue weighted by Crippen LogP contribution is -2.36. The van der Waals surface area contributed by atoms with Crippen LogP contribution in [0.15, 0.2) is 0 Å². The Morgan fingerprint density at radius 1 is 1.62 bits per heavy atom. The number of rotatable bonds is 5. The van der Waals surface area contributed by atoms with Gasteiger partial charge in [-0.3, -0.25) is 4.79 Å². The molecule has 0 bridgehead atoms. The van der Waals surface area contributed by atoms with E-state index in [1.807, 2.05) is 0 Å². The Morgan fingerprint density at radius 3 is 2.77 bits per heavy atom. The molecule has 13 heavy (non-hydrogen) atoms. The van der Waals surface area contributed by atoms with E-state index in [1.165, 1.54) is 0 Å². The van der Waals surface area contributed by atoms with E-state index in [9.17, 15) is 4.79 Å². The molecule has 0 aromatic heterocycles. The van der Waals surface area contributed by atoms with E-state index in [1.54, 1.807) is 0 Å². The van der Waals surface area contributed by atoms with Gasteiger partial charge in [0.15, 0.2) is 6.29 Å². The summed E-state index contributed by atoms with van der Waals surface area (Å²) in [5, 5.41) is 8.41. The van der Waals surface area contributed by atoms with Gasteiger partial charge in [-0.15, -0.1) is 0 Å². The summed E-state index contributed by atoms with van der Waals surface area (Å²) in [6.45, 7) is 1.30. The maximum absolute atomic E-state index is 10.3. The van der Waals surface area contributed by atoms with Crippen LogP contribution in [0, 0.1) is 0 Å². The lowest BCUT2D eigenvalue weighted by molar-refractivity contribution is -0.142. The monoisotopic (exact) mass is 191 g/mol. The van der Waals surface area contributed by atoms with Gasteiger partial charge in [-0.05, 0) is 0 Å². The van der Waals surface area contributed by atoms with Gasteiger partial charge in [0.25, 0.3) is 0 Å². The summed E-state index contributed by atoms with van der Waals surface area (Å²) in [6, 6.07) is -0.985. The van der Waals surface area contributed by atoms with Gasteiger partial charge in [-0.1, -0.05) is 0 Å². The summed E-state index contributed by atoms with van der Waals surface area (Å²) in [7, 11) is 0. The molecule has 0 radical (unpaired) electrons. The fourth-order valence-corrected chi connectivity index (χ4v) is 0.866. The zero-order valence-electron chi connectivity index (χ0n) is 7.14. The molecular formula is C7H13NO5. The lowest BCUT2D eigenvalue weighted by atomic mass is 10.3. The van der Waals surface area contributed by atoms with Crippen LogP contribution in [0.5, 0.6) is 0 Å². The van der Waals surface area contributed by atoms with E-state index in [0.717, 1.165) is 0 Å². The Labute approximate surface area is 75.6 Å². The van der Waals surface area contributed by atoms with Crippen LogP contribution in [-0.4, -0.2) is 49.8 Å². The molecule has 0 saturated carbocycles. The second kappa shape index (κ2) is 5.13. The molecule has 1 rings (SSSR count). The molecule has 0 aromatic carbocycles. The van der Waals surface area contributed by atoms with Gasteiger partial charge >= 0.3 is 5.97 Å². The third-order valence-electron chi connectivity index (χ3n) is 1.56. The highest BCUT2D eigenvalue weighted by atomic mass is 16.7. The van der Waals surface area contributed by atoms with Gasteiger partial charge in [0.2, 0.25) is 0 Å². The quantitative estimate of drug-likeness (QED) is 0.566. The van der Waals surface area contributed by atoms with Crippen molar-refractivity contribution in [3.05, 3.63) is 0 Å². The molecule has 1 unspecified atom stereocenters. The van der Waals surface area contributed by atoms with E-state index in [4.69, 9.17) is 25.1 Å². The van der Waals surface area contributed by atoms with Crippen LogP contribution >= 0.6 is 0 Å². The van der Waals surface area contributed by atoms with Gasteiger partial charge in [-0.25, -0.2) is 0 Å². The molecule has 6 heteroatoms. The predicted octanol–water partition coefficient (Wildman–Crippen LogP) is -1.21. The van der Waals surface area contributed by atoms with Crippen LogP contribution in [0.1, 0.15) is 0 Å². The average Bonchev–Trinajstić information content (AvgIpc) is 2.56. The van der Waals surface area contributed by atoms with Crippen LogP contribution in [-0.2, 0) is 19.0 Å². The number of hydrogen-bond donors (Lipinski definition) is 2. The molecule has 1 saturated heterocycles. The lowest BCUT2D eigenvalue weighted by Gasteiger charge is -2.11. The Balaban J connectivity index is 2.02. The molecule has 1 atom stereocenters. The van der Waals surface area contributed by atoms with Gasteiger partial charge in [0, 0.05) is 0 Å². The minimum absolute atomic E-state index is 0.0292. The van der Waals surface area contributed by atoms with Crippen LogP contribution in [0.25, 0.3) is 0 Å². The Kier molecular flexibility index (Phi) is 4.10. The predicted molar refractivity (Wildman–Crippen MR) is 42.1 cm³/mol. The summed E-state index contributed by atoms with van der Waals surface area (Å²) < 4.78 is 15.1. The molecule has 3 N–H and O–H groups in total. The first kappa shape index (κ1) is 10.4. The highest BCUT2D eigenvalue weighted by Crippen LogP contribution is 2.03. The molecule has 0 spiro atoms. The number of nitrogens with two attached hydrogens (primary N) is 1. The molecule has 1 aliphatic rings. The van der Waals surface area contributed by atoms with Crippen molar-refractivity contribution in [1.82, 2.24) is 0 Å². The van der Waals surface area contributed by atoms with Crippen LogP contribution < -0.4 is 5.73 Å². The summed E-state index contributed by atoms with van der Waals surface area (Å²) >= 11 is 0. The van der Waals surface area contributed by atoms with Crippen LogP contribution in [0.4, 0.5) is 0 Å². The largest absolute Gasteiger partial charge is 0.480 e. The fourth-order valence-electron chi connectivity index (χ4n) is 0.866. The number of ether oxygens (including phenoxy) is 3. The average molecular weight is 191 g/mol. The van der Waals surface area contributed by atoms with Crippen molar-refractivity contribution >= 4 is 5.97 Å². The first-order valence-electron chi connectivity index (χ1n) is 3.99. The summed E-state index contributed by atoms with van der Waals surface area (Å²) in [6.07, 6.45) is -0.374.